The first kappa shape index (κ1) is 72.7. The fourth-order valence-corrected chi connectivity index (χ4v) is 8.04. The maximum atomic E-state index is 12.9. The van der Waals surface area contributed by atoms with Crippen molar-refractivity contribution in [2.24, 2.45) is 0 Å². The van der Waals surface area contributed by atoms with Crippen LogP contribution in [0.15, 0.2) is 122 Å². The highest BCUT2D eigenvalue weighted by atomic mass is 16.7. The van der Waals surface area contributed by atoms with Gasteiger partial charge in [0.05, 0.1) is 34.4 Å². The molecule has 0 aliphatic carbocycles. The third-order valence-corrected chi connectivity index (χ3v) is 12.7. The Hall–Kier alpha value is -4.31. The van der Waals surface area contributed by atoms with Crippen molar-refractivity contribution in [3.63, 3.8) is 0 Å². The van der Waals surface area contributed by atoms with Gasteiger partial charge in [-0.1, -0.05) is 251 Å². The Labute approximate surface area is 472 Å². The lowest BCUT2D eigenvalue weighted by Crippen LogP contribution is -2.40. The van der Waals surface area contributed by atoms with E-state index < -0.39 is 24.3 Å². The van der Waals surface area contributed by atoms with E-state index in [4.69, 9.17) is 18.9 Å². The van der Waals surface area contributed by atoms with Crippen LogP contribution in [0.4, 0.5) is 0 Å². The minimum atomic E-state index is -1.52. The van der Waals surface area contributed by atoms with Gasteiger partial charge in [0.25, 0.3) is 6.29 Å². The van der Waals surface area contributed by atoms with Crippen molar-refractivity contribution in [2.45, 2.75) is 245 Å². The van der Waals surface area contributed by atoms with E-state index in [1.54, 1.807) is 0 Å². The lowest BCUT2D eigenvalue weighted by Gasteiger charge is -2.25. The number of allylic oxidation sites excluding steroid dienone is 20. The minimum Gasteiger partial charge on any atom is -0.477 e. The quantitative estimate of drug-likeness (QED) is 0.0211. The average molecular weight is 1070 g/mol. The van der Waals surface area contributed by atoms with Crippen LogP contribution in [0, 0.1) is 0 Å². The molecule has 438 valence electrons. The number of carboxylic acid groups (broad SMARTS) is 1. The van der Waals surface area contributed by atoms with Crippen molar-refractivity contribution < 1.29 is 42.9 Å². The molecule has 0 fully saturated rings. The van der Waals surface area contributed by atoms with Gasteiger partial charge in [0.1, 0.15) is 13.2 Å². The number of esters is 2. The van der Waals surface area contributed by atoms with Crippen LogP contribution in [0.2, 0.25) is 0 Å². The molecule has 0 saturated heterocycles. The van der Waals surface area contributed by atoms with Gasteiger partial charge in [0, 0.05) is 12.8 Å². The molecule has 0 radical (unpaired) electrons. The van der Waals surface area contributed by atoms with Crippen LogP contribution in [0.5, 0.6) is 0 Å². The number of carbonyl (C=O) groups excluding carboxylic acids is 2. The van der Waals surface area contributed by atoms with Crippen LogP contribution in [0.1, 0.15) is 232 Å². The molecule has 0 aromatic carbocycles. The Morgan fingerprint density at radius 1 is 0.403 bits per heavy atom. The predicted molar refractivity (Wildman–Crippen MR) is 327 cm³/mol. The van der Waals surface area contributed by atoms with Gasteiger partial charge in [-0.2, -0.15) is 0 Å². The second-order valence-corrected chi connectivity index (χ2v) is 21.3. The molecule has 2 unspecified atom stereocenters. The van der Waals surface area contributed by atoms with E-state index in [1.807, 2.05) is 21.1 Å². The summed E-state index contributed by atoms with van der Waals surface area (Å²) in [6.07, 6.45) is 78.5. The number of hydrogen-bond donors (Lipinski definition) is 1. The third kappa shape index (κ3) is 59.2. The molecular weight excluding hydrogens is 959 g/mol. The highest BCUT2D eigenvalue weighted by Gasteiger charge is 2.25. The smallest absolute Gasteiger partial charge is 0.361 e. The number of carbonyl (C=O) groups is 3. The van der Waals surface area contributed by atoms with Crippen LogP contribution in [-0.4, -0.2) is 87.4 Å². The molecule has 9 heteroatoms. The van der Waals surface area contributed by atoms with E-state index >= 15 is 0 Å². The molecule has 0 rings (SSSR count). The molecule has 0 aliphatic rings. The monoisotopic (exact) mass is 1070 g/mol. The summed E-state index contributed by atoms with van der Waals surface area (Å²) in [5.41, 5.74) is 0. The summed E-state index contributed by atoms with van der Waals surface area (Å²) < 4.78 is 22.9. The molecular formula is C68H114NO8+. The number of unbranched alkanes of at least 4 members (excludes halogenated alkanes) is 20. The first-order valence-corrected chi connectivity index (χ1v) is 30.7. The second kappa shape index (κ2) is 57.9. The standard InChI is InChI=1S/C68H113NO8/c1-6-8-10-12-14-16-18-20-22-23-24-25-26-27-28-29-30-31-32-33-34-35-36-37-38-39-40-41-42-43-45-47-49-51-53-55-57-59-66(71)77-64(63-76-68(67(72)73)74-61-60-69(3,4)5)62-75-65(70)58-56-54-52-50-48-46-44-21-19-17-15-13-11-9-7-2/h8,10,14,16,20,22,24-25,27-28,30-31,33-34,36-37,39-40,42-43,64,68H,6-7,9,11-13,15,17-19,21,23,26,29,32,35,38,41,44-63H2,1-5H3/p+1/b10-8-,16-14-,22-20-,25-24-,28-27-,31-30-,34-33-,37-36-,40-39-,43-42-. The number of nitrogens with zero attached hydrogens (tertiary/aromatic N) is 1. The van der Waals surface area contributed by atoms with Crippen LogP contribution in [-0.2, 0) is 33.3 Å². The first-order valence-electron chi connectivity index (χ1n) is 30.7. The Balaban J connectivity index is 4.23. The number of ether oxygens (including phenoxy) is 4. The van der Waals surface area contributed by atoms with Gasteiger partial charge < -0.3 is 28.5 Å². The SMILES string of the molecule is CC/C=C\C/C=C\C/C=C\C/C=C\C/C=C\C/C=C\C/C=C\C/C=C\C/C=C\C/C=C\CCCCCCCCC(=O)OC(COC(=O)CCCCCCCCCCCCCCCCC)COC(OCC[N+](C)(C)C)C(=O)O. The lowest BCUT2D eigenvalue weighted by molar-refractivity contribution is -0.870. The number of likely N-dealkylation sites (N-methyl/N-ethyl adjacent to an activating group) is 1. The van der Waals surface area contributed by atoms with Crippen molar-refractivity contribution >= 4 is 17.9 Å². The number of carboxylic acids is 1. The molecule has 0 spiro atoms. The van der Waals surface area contributed by atoms with E-state index in [9.17, 15) is 19.5 Å². The summed E-state index contributed by atoms with van der Waals surface area (Å²) in [5.74, 6) is -2.03. The zero-order valence-corrected chi connectivity index (χ0v) is 49.8. The van der Waals surface area contributed by atoms with Crippen molar-refractivity contribution in [2.75, 3.05) is 47.5 Å². The molecule has 0 aromatic rings. The molecule has 0 bridgehead atoms. The summed E-state index contributed by atoms with van der Waals surface area (Å²) in [7, 11) is 5.96. The summed E-state index contributed by atoms with van der Waals surface area (Å²) in [4.78, 5) is 37.4. The van der Waals surface area contributed by atoms with E-state index in [-0.39, 0.29) is 32.2 Å². The lowest BCUT2D eigenvalue weighted by atomic mass is 10.0. The van der Waals surface area contributed by atoms with Gasteiger partial charge in [0.15, 0.2) is 6.10 Å². The maximum Gasteiger partial charge on any atom is 0.361 e. The summed E-state index contributed by atoms with van der Waals surface area (Å²) in [5, 5.41) is 9.70. The van der Waals surface area contributed by atoms with Gasteiger partial charge in [-0.15, -0.1) is 0 Å². The molecule has 9 nitrogen and oxygen atoms in total. The van der Waals surface area contributed by atoms with Crippen molar-refractivity contribution in [1.82, 2.24) is 0 Å². The van der Waals surface area contributed by atoms with E-state index in [0.717, 1.165) is 122 Å². The Morgan fingerprint density at radius 2 is 0.740 bits per heavy atom. The Bertz CT molecular complexity index is 1670. The largest absolute Gasteiger partial charge is 0.477 e. The van der Waals surface area contributed by atoms with E-state index in [2.05, 4.69) is 135 Å². The highest BCUT2D eigenvalue weighted by molar-refractivity contribution is 5.71. The summed E-state index contributed by atoms with van der Waals surface area (Å²) in [6, 6.07) is 0. The van der Waals surface area contributed by atoms with Crippen molar-refractivity contribution in [3.05, 3.63) is 122 Å². The fourth-order valence-electron chi connectivity index (χ4n) is 8.04. The van der Waals surface area contributed by atoms with Crippen LogP contribution >= 0.6 is 0 Å². The van der Waals surface area contributed by atoms with Crippen LogP contribution < -0.4 is 0 Å². The second-order valence-electron chi connectivity index (χ2n) is 21.3. The summed E-state index contributed by atoms with van der Waals surface area (Å²) in [6.45, 7) is 4.74. The van der Waals surface area contributed by atoms with Gasteiger partial charge in [-0.05, 0) is 89.9 Å². The average Bonchev–Trinajstić information content (AvgIpc) is 3.40. The molecule has 0 aliphatic heterocycles. The number of quaternary nitrogens is 1. The number of hydrogen-bond acceptors (Lipinski definition) is 7. The van der Waals surface area contributed by atoms with E-state index in [0.29, 0.717) is 23.9 Å². The molecule has 2 atom stereocenters. The molecule has 1 N–H and O–H groups in total. The highest BCUT2D eigenvalue weighted by Crippen LogP contribution is 2.15. The molecule has 0 saturated carbocycles. The van der Waals surface area contributed by atoms with Gasteiger partial charge in [0.2, 0.25) is 0 Å². The van der Waals surface area contributed by atoms with Gasteiger partial charge in [-0.3, -0.25) is 9.59 Å². The molecule has 0 amide bonds. The number of rotatable bonds is 55. The minimum absolute atomic E-state index is 0.180. The Morgan fingerprint density at radius 3 is 1.10 bits per heavy atom. The Kier molecular flexibility index (Phi) is 54.6. The van der Waals surface area contributed by atoms with Crippen molar-refractivity contribution in [3.8, 4) is 0 Å². The molecule has 0 heterocycles. The van der Waals surface area contributed by atoms with Gasteiger partial charge >= 0.3 is 17.9 Å². The van der Waals surface area contributed by atoms with Gasteiger partial charge in [-0.25, -0.2) is 4.79 Å². The zero-order chi connectivity index (χ0) is 56.2. The normalized spacial score (nSPS) is 13.6. The van der Waals surface area contributed by atoms with Crippen LogP contribution in [0.25, 0.3) is 0 Å². The number of aliphatic carboxylic acids is 1. The van der Waals surface area contributed by atoms with Crippen molar-refractivity contribution in [1.29, 1.82) is 0 Å². The van der Waals surface area contributed by atoms with E-state index in [1.165, 1.54) is 77.0 Å². The maximum absolute atomic E-state index is 12.9. The molecule has 77 heavy (non-hydrogen) atoms. The molecule has 0 aromatic heterocycles. The predicted octanol–water partition coefficient (Wildman–Crippen LogP) is 18.5. The van der Waals surface area contributed by atoms with Crippen LogP contribution in [0.3, 0.4) is 0 Å². The summed E-state index contributed by atoms with van der Waals surface area (Å²) >= 11 is 0. The zero-order valence-electron chi connectivity index (χ0n) is 49.8. The first-order chi connectivity index (χ1) is 37.6. The fraction of sp³-hybridized carbons (Fsp3) is 0.662. The third-order valence-electron chi connectivity index (χ3n) is 12.7. The topological polar surface area (TPSA) is 108 Å².